The lowest BCUT2D eigenvalue weighted by atomic mass is 9.95. The van der Waals surface area contributed by atoms with Gasteiger partial charge in [0.15, 0.2) is 0 Å². The Hall–Kier alpha value is 0.430. The average molecular weight is 434 g/mol. The molecule has 2 rings (SSSR count). The van der Waals surface area contributed by atoms with Gasteiger partial charge in [0.1, 0.15) is 34.0 Å². The van der Waals surface area contributed by atoms with Gasteiger partial charge in [-0.3, -0.25) is 9.05 Å². The van der Waals surface area contributed by atoms with Crippen LogP contribution in [0.4, 0.5) is 0 Å². The third-order valence-electron chi connectivity index (χ3n) is 4.30. The third-order valence-corrected chi connectivity index (χ3v) is 5.87. The molecule has 0 aromatic rings. The van der Waals surface area contributed by atoms with Crippen molar-refractivity contribution in [2.24, 2.45) is 0 Å². The monoisotopic (exact) mass is 434 g/mol. The summed E-state index contributed by atoms with van der Waals surface area (Å²) in [5.74, 6) is 0. The number of phosphoric acid groups is 1. The topological polar surface area (TPSA) is 92.7 Å². The molecule has 8 nitrogen and oxygen atoms in total. The molecule has 158 valence electrons. The maximum atomic E-state index is 12.5. The highest BCUT2D eigenvalue weighted by molar-refractivity contribution is 7.81. The molecule has 2 fully saturated rings. The van der Waals surface area contributed by atoms with Crippen LogP contribution in [-0.2, 0) is 32.6 Å². The Balaban J connectivity index is 1.93. The van der Waals surface area contributed by atoms with Crippen LogP contribution in [0.1, 0.15) is 34.1 Å². The molecule has 28 heavy (non-hydrogen) atoms. The summed E-state index contributed by atoms with van der Waals surface area (Å²) >= 11 is 4.34. The summed E-state index contributed by atoms with van der Waals surface area (Å²) in [6, 6.07) is -1.27. The van der Waals surface area contributed by atoms with Gasteiger partial charge in [0.2, 0.25) is 0 Å². The maximum Gasteiger partial charge on any atom is 0.472 e. The van der Waals surface area contributed by atoms with Crippen molar-refractivity contribution in [3.8, 4) is 0 Å². The number of hydrogen-bond donors (Lipinski definition) is 2. The quantitative estimate of drug-likeness (QED) is 0.301. The minimum absolute atomic E-state index is 0.0395. The van der Waals surface area contributed by atoms with E-state index in [1.165, 1.54) is 0 Å². The minimum Gasteiger partial charge on any atom is -0.380 e. The summed E-state index contributed by atoms with van der Waals surface area (Å²) in [5.41, 5.74) is 0. The van der Waals surface area contributed by atoms with Gasteiger partial charge in [-0.2, -0.15) is 12.6 Å². The summed E-state index contributed by atoms with van der Waals surface area (Å²) in [4.78, 5) is 10.2. The van der Waals surface area contributed by atoms with Crippen molar-refractivity contribution in [2.45, 2.75) is 88.0 Å². The largest absolute Gasteiger partial charge is 0.472 e. The fourth-order valence-electron chi connectivity index (χ4n) is 3.06. The maximum absolute atomic E-state index is 12.5. The molecular weight excluding hydrogens is 405 g/mol. The summed E-state index contributed by atoms with van der Waals surface area (Å²) in [6.45, 7) is 7.45. The number of thiol groups is 1. The Morgan fingerprint density at radius 2 is 1.82 bits per heavy atom. The molecule has 0 spiro atoms. The first-order chi connectivity index (χ1) is 13.0. The molecule has 8 atom stereocenters. The predicted octanol–water partition coefficient (Wildman–Crippen LogP) is 1.18. The van der Waals surface area contributed by atoms with Crippen molar-refractivity contribution >= 4 is 36.1 Å². The van der Waals surface area contributed by atoms with E-state index in [0.29, 0.717) is 6.42 Å². The fraction of sp³-hybridized carbons (Fsp3) is 1.00. The van der Waals surface area contributed by atoms with Crippen molar-refractivity contribution in [3.05, 3.63) is 0 Å². The Bertz CT molecular complexity index is 543. The summed E-state index contributed by atoms with van der Waals surface area (Å²) in [5, 5.41) is -0.613. The van der Waals surface area contributed by atoms with E-state index in [1.54, 1.807) is 0 Å². The van der Waals surface area contributed by atoms with Gasteiger partial charge in [-0.15, -0.1) is 0 Å². The second kappa shape index (κ2) is 10.6. The van der Waals surface area contributed by atoms with E-state index < -0.39 is 43.4 Å². The second-order valence-corrected chi connectivity index (χ2v) is 9.52. The molecule has 0 aromatic heterocycles. The summed E-state index contributed by atoms with van der Waals surface area (Å²) in [6.07, 6.45) is -2.03. The van der Waals surface area contributed by atoms with Crippen LogP contribution in [0.3, 0.4) is 0 Å². The smallest absolute Gasteiger partial charge is 0.380 e. The predicted molar refractivity (Wildman–Crippen MR) is 108 cm³/mol. The van der Waals surface area contributed by atoms with Crippen LogP contribution in [0.15, 0.2) is 0 Å². The van der Waals surface area contributed by atoms with Crippen LogP contribution in [0, 0.1) is 0 Å². The van der Waals surface area contributed by atoms with Crippen LogP contribution in [0.5, 0.6) is 0 Å². The van der Waals surface area contributed by atoms with Gasteiger partial charge in [0.05, 0.1) is 31.5 Å². The number of rotatable bonds is 10. The fourth-order valence-corrected chi connectivity index (χ4v) is 4.45. The Morgan fingerprint density at radius 1 is 1.14 bits per heavy atom. The lowest BCUT2D eigenvalue weighted by molar-refractivity contribution is -0.0648. The molecule has 0 aliphatic carbocycles. The highest BCUT2D eigenvalue weighted by atomic mass is 32.1. The second-order valence-electron chi connectivity index (χ2n) is 7.52. The Kier molecular flexibility index (Phi) is 9.39. The molecule has 4 radical (unpaired) electrons. The standard InChI is InChI=1S/C16H29B2O8PS/c1-8(2)21-6-12-14(15(28)16(18)25-12)26-27(19,20)22-7-11-10(23-9(3)4)5-13(17)24-11/h8-16,28H,5-7H2,1-4H3,(H,19,20)/t10-,11-,12-,13-,14+,15?,16-/m1/s1. The van der Waals surface area contributed by atoms with Crippen LogP contribution in [0.25, 0.3) is 0 Å². The van der Waals surface area contributed by atoms with Gasteiger partial charge in [-0.25, -0.2) is 4.57 Å². The van der Waals surface area contributed by atoms with E-state index in [9.17, 15) is 9.46 Å². The number of hydrogen-bond acceptors (Lipinski definition) is 8. The molecule has 0 amide bonds. The Morgan fingerprint density at radius 3 is 2.43 bits per heavy atom. The van der Waals surface area contributed by atoms with E-state index in [2.05, 4.69) is 12.6 Å². The highest BCUT2D eigenvalue weighted by Gasteiger charge is 2.45. The van der Waals surface area contributed by atoms with Gasteiger partial charge in [0.25, 0.3) is 0 Å². The lowest BCUT2D eigenvalue weighted by Crippen LogP contribution is -2.35. The number of phosphoric ester groups is 1. The molecule has 0 aromatic carbocycles. The molecule has 2 aliphatic heterocycles. The third kappa shape index (κ3) is 7.29. The first-order valence-corrected chi connectivity index (χ1v) is 11.4. The summed E-state index contributed by atoms with van der Waals surface area (Å²) < 4.78 is 45.3. The van der Waals surface area contributed by atoms with Crippen molar-refractivity contribution in [1.29, 1.82) is 0 Å². The first-order valence-electron chi connectivity index (χ1n) is 9.41. The Labute approximate surface area is 175 Å². The molecule has 0 bridgehead atoms. The van der Waals surface area contributed by atoms with E-state index in [-0.39, 0.29) is 31.5 Å². The van der Waals surface area contributed by atoms with Crippen molar-refractivity contribution in [1.82, 2.24) is 0 Å². The zero-order valence-corrected chi connectivity index (χ0v) is 18.5. The van der Waals surface area contributed by atoms with Gasteiger partial charge in [-0.1, -0.05) is 0 Å². The number of ether oxygens (including phenoxy) is 4. The van der Waals surface area contributed by atoms with Crippen LogP contribution in [-0.4, -0.2) is 87.7 Å². The lowest BCUT2D eigenvalue weighted by Gasteiger charge is -2.26. The van der Waals surface area contributed by atoms with Crippen molar-refractivity contribution in [2.75, 3.05) is 13.2 Å². The molecule has 2 heterocycles. The van der Waals surface area contributed by atoms with Crippen molar-refractivity contribution < 1.29 is 37.5 Å². The molecule has 2 unspecified atom stereocenters. The SMILES string of the molecule is [B][C@@H]1O[C@H](COC(C)C)[C@H](OP(=O)(O)OC[C@H]2O[C@@H]([B])C[C@H]2OC(C)C)C1S. The van der Waals surface area contributed by atoms with E-state index in [1.807, 2.05) is 27.7 Å². The molecule has 0 saturated carbocycles. The average Bonchev–Trinajstić information content (AvgIpc) is 3.04. The zero-order chi connectivity index (χ0) is 21.1. The minimum atomic E-state index is -4.44. The van der Waals surface area contributed by atoms with Crippen LogP contribution < -0.4 is 0 Å². The summed E-state index contributed by atoms with van der Waals surface area (Å²) in [7, 11) is 7.20. The van der Waals surface area contributed by atoms with Crippen LogP contribution >= 0.6 is 20.5 Å². The molecule has 2 aliphatic rings. The van der Waals surface area contributed by atoms with E-state index in [0.717, 1.165) is 0 Å². The van der Waals surface area contributed by atoms with Crippen LogP contribution in [0.2, 0.25) is 0 Å². The van der Waals surface area contributed by atoms with Crippen molar-refractivity contribution in [3.63, 3.8) is 0 Å². The van der Waals surface area contributed by atoms with Gasteiger partial charge in [0, 0.05) is 17.3 Å². The van der Waals surface area contributed by atoms with Gasteiger partial charge in [-0.05, 0) is 34.1 Å². The highest BCUT2D eigenvalue weighted by Crippen LogP contribution is 2.48. The molecule has 1 N–H and O–H groups in total. The zero-order valence-electron chi connectivity index (χ0n) is 16.7. The van der Waals surface area contributed by atoms with Gasteiger partial charge < -0.3 is 23.8 Å². The normalized spacial score (nSPS) is 38.4. The molecular formula is C16H29B2O8PS. The van der Waals surface area contributed by atoms with E-state index in [4.69, 9.17) is 43.7 Å². The molecule has 12 heteroatoms. The molecule has 2 saturated heterocycles. The van der Waals surface area contributed by atoms with Gasteiger partial charge >= 0.3 is 7.82 Å². The first kappa shape index (κ1) is 24.7. The van der Waals surface area contributed by atoms with E-state index >= 15 is 0 Å².